The number of benzene rings is 1. The summed E-state index contributed by atoms with van der Waals surface area (Å²) in [6.45, 7) is 4.45. The van der Waals surface area contributed by atoms with Crippen molar-refractivity contribution in [3.8, 4) is 0 Å². The number of sulfone groups is 1. The Hall–Kier alpha value is -1.89. The third kappa shape index (κ3) is 7.78. The number of para-hydroxylation sites is 1. The van der Waals surface area contributed by atoms with E-state index in [2.05, 4.69) is 10.6 Å². The fourth-order valence-corrected chi connectivity index (χ4v) is 2.80. The first-order chi connectivity index (χ1) is 10.3. The Morgan fingerprint density at radius 1 is 1.05 bits per heavy atom. The molecule has 6 nitrogen and oxygen atoms in total. The van der Waals surface area contributed by atoms with Crippen LogP contribution in [0.25, 0.3) is 0 Å². The molecule has 2 N–H and O–H groups in total. The second-order valence-electron chi connectivity index (χ2n) is 5.48. The molecule has 0 spiro atoms. The van der Waals surface area contributed by atoms with Gasteiger partial charge >= 0.3 is 0 Å². The van der Waals surface area contributed by atoms with Gasteiger partial charge in [-0.15, -0.1) is 0 Å². The van der Waals surface area contributed by atoms with Gasteiger partial charge in [-0.3, -0.25) is 9.59 Å². The summed E-state index contributed by atoms with van der Waals surface area (Å²) in [5.74, 6) is -2.19. The van der Waals surface area contributed by atoms with Crippen LogP contribution in [0.5, 0.6) is 0 Å². The van der Waals surface area contributed by atoms with Gasteiger partial charge in [0.15, 0.2) is 9.84 Å². The molecule has 0 unspecified atom stereocenters. The summed E-state index contributed by atoms with van der Waals surface area (Å²) < 4.78 is 23.6. The fraction of sp³-hybridized carbons (Fsp3) is 0.467. The standard InChI is InChI=1S/C15H22N2O4S/c1-12(2)8-9-16-14(18)10-22(20,21)11-15(19)17-13-6-4-3-5-7-13/h3-7,12H,8-11H2,1-2H3,(H,16,18)(H,17,19). The Labute approximate surface area is 131 Å². The smallest absolute Gasteiger partial charge is 0.239 e. The summed E-state index contributed by atoms with van der Waals surface area (Å²) in [7, 11) is -3.77. The molecule has 1 aromatic rings. The number of anilines is 1. The van der Waals surface area contributed by atoms with Gasteiger partial charge in [0, 0.05) is 12.2 Å². The van der Waals surface area contributed by atoms with Gasteiger partial charge < -0.3 is 10.6 Å². The molecule has 22 heavy (non-hydrogen) atoms. The van der Waals surface area contributed by atoms with Crippen LogP contribution in [0.15, 0.2) is 30.3 Å². The molecule has 0 saturated heterocycles. The minimum absolute atomic E-state index is 0.425. The molecule has 2 amide bonds. The van der Waals surface area contributed by atoms with Crippen LogP contribution in [0.2, 0.25) is 0 Å². The van der Waals surface area contributed by atoms with Crippen molar-refractivity contribution in [3.63, 3.8) is 0 Å². The van der Waals surface area contributed by atoms with Crippen LogP contribution in [0.1, 0.15) is 20.3 Å². The number of amides is 2. The third-order valence-electron chi connectivity index (χ3n) is 2.80. The Morgan fingerprint density at radius 2 is 1.64 bits per heavy atom. The van der Waals surface area contributed by atoms with Crippen molar-refractivity contribution in [2.24, 2.45) is 5.92 Å². The maximum absolute atomic E-state index is 11.8. The lowest BCUT2D eigenvalue weighted by atomic mass is 10.1. The first-order valence-corrected chi connectivity index (χ1v) is 8.92. The molecule has 0 radical (unpaired) electrons. The van der Waals surface area contributed by atoms with Crippen LogP contribution in [-0.4, -0.2) is 38.3 Å². The van der Waals surface area contributed by atoms with Crippen molar-refractivity contribution in [1.82, 2.24) is 5.32 Å². The SMILES string of the molecule is CC(C)CCNC(=O)CS(=O)(=O)CC(=O)Nc1ccccc1. The summed E-state index contributed by atoms with van der Waals surface area (Å²) >= 11 is 0. The number of rotatable bonds is 8. The van der Waals surface area contributed by atoms with Gasteiger partial charge in [0.1, 0.15) is 11.5 Å². The molecule has 122 valence electrons. The molecule has 0 aromatic heterocycles. The predicted octanol–water partition coefficient (Wildman–Crippen LogP) is 1.20. The normalized spacial score (nSPS) is 11.2. The summed E-state index contributed by atoms with van der Waals surface area (Å²) in [6, 6.07) is 8.55. The van der Waals surface area contributed by atoms with Crippen LogP contribution in [0.3, 0.4) is 0 Å². The molecular formula is C15H22N2O4S. The monoisotopic (exact) mass is 326 g/mol. The highest BCUT2D eigenvalue weighted by molar-refractivity contribution is 7.92. The number of hydrogen-bond acceptors (Lipinski definition) is 4. The molecule has 0 fully saturated rings. The summed E-state index contributed by atoms with van der Waals surface area (Å²) in [5, 5.41) is 5.02. The summed E-state index contributed by atoms with van der Waals surface area (Å²) in [6.07, 6.45) is 0.778. The van der Waals surface area contributed by atoms with E-state index < -0.39 is 33.2 Å². The average Bonchev–Trinajstić information content (AvgIpc) is 2.37. The van der Waals surface area contributed by atoms with E-state index in [0.29, 0.717) is 18.2 Å². The zero-order valence-corrected chi connectivity index (χ0v) is 13.7. The Bertz CT molecular complexity index is 597. The zero-order chi connectivity index (χ0) is 16.6. The van der Waals surface area contributed by atoms with E-state index in [4.69, 9.17) is 0 Å². The molecule has 0 atom stereocenters. The Kier molecular flexibility index (Phi) is 7.04. The number of nitrogens with one attached hydrogen (secondary N) is 2. The van der Waals surface area contributed by atoms with Crippen molar-refractivity contribution < 1.29 is 18.0 Å². The molecule has 7 heteroatoms. The Morgan fingerprint density at radius 3 is 2.23 bits per heavy atom. The lowest BCUT2D eigenvalue weighted by Crippen LogP contribution is -2.34. The highest BCUT2D eigenvalue weighted by atomic mass is 32.2. The van der Waals surface area contributed by atoms with E-state index in [1.807, 2.05) is 13.8 Å². The molecular weight excluding hydrogens is 304 g/mol. The van der Waals surface area contributed by atoms with Crippen molar-refractivity contribution in [3.05, 3.63) is 30.3 Å². The van der Waals surface area contributed by atoms with Crippen LogP contribution in [0.4, 0.5) is 5.69 Å². The quantitative estimate of drug-likeness (QED) is 0.751. The van der Waals surface area contributed by atoms with E-state index in [1.54, 1.807) is 30.3 Å². The largest absolute Gasteiger partial charge is 0.355 e. The van der Waals surface area contributed by atoms with E-state index >= 15 is 0 Å². The second kappa shape index (κ2) is 8.53. The molecule has 0 aliphatic rings. The van der Waals surface area contributed by atoms with Crippen molar-refractivity contribution in [2.75, 3.05) is 23.4 Å². The van der Waals surface area contributed by atoms with E-state index in [0.717, 1.165) is 6.42 Å². The number of hydrogen-bond donors (Lipinski definition) is 2. The minimum atomic E-state index is -3.77. The Balaban J connectivity index is 2.42. The van der Waals surface area contributed by atoms with Gasteiger partial charge in [-0.05, 0) is 24.5 Å². The number of carbonyl (C=O) groups excluding carboxylic acids is 2. The van der Waals surface area contributed by atoms with E-state index in [9.17, 15) is 18.0 Å². The maximum Gasteiger partial charge on any atom is 0.239 e. The van der Waals surface area contributed by atoms with Crippen molar-refractivity contribution in [2.45, 2.75) is 20.3 Å². The number of carbonyl (C=O) groups is 2. The molecule has 0 aliphatic heterocycles. The molecule has 1 aromatic carbocycles. The van der Waals surface area contributed by atoms with E-state index in [-0.39, 0.29) is 0 Å². The lowest BCUT2D eigenvalue weighted by Gasteiger charge is -2.08. The van der Waals surface area contributed by atoms with Crippen molar-refractivity contribution in [1.29, 1.82) is 0 Å². The van der Waals surface area contributed by atoms with Gasteiger partial charge in [0.2, 0.25) is 11.8 Å². The van der Waals surface area contributed by atoms with Gasteiger partial charge in [-0.2, -0.15) is 0 Å². The zero-order valence-electron chi connectivity index (χ0n) is 12.8. The van der Waals surface area contributed by atoms with Crippen LogP contribution in [0, 0.1) is 5.92 Å². The topological polar surface area (TPSA) is 92.3 Å². The van der Waals surface area contributed by atoms with Crippen LogP contribution < -0.4 is 10.6 Å². The molecule has 0 saturated carbocycles. The van der Waals surface area contributed by atoms with Gasteiger partial charge in [-0.1, -0.05) is 32.0 Å². The lowest BCUT2D eigenvalue weighted by molar-refractivity contribution is -0.118. The summed E-state index contributed by atoms with van der Waals surface area (Å²) in [5.41, 5.74) is 0.518. The molecule has 0 aliphatic carbocycles. The average molecular weight is 326 g/mol. The van der Waals surface area contributed by atoms with Gasteiger partial charge in [0.25, 0.3) is 0 Å². The van der Waals surface area contributed by atoms with Gasteiger partial charge in [0.05, 0.1) is 0 Å². The van der Waals surface area contributed by atoms with Crippen molar-refractivity contribution >= 4 is 27.3 Å². The first kappa shape index (κ1) is 18.2. The van der Waals surface area contributed by atoms with E-state index in [1.165, 1.54) is 0 Å². The molecule has 0 heterocycles. The second-order valence-corrected chi connectivity index (χ2v) is 7.54. The molecule has 0 bridgehead atoms. The highest BCUT2D eigenvalue weighted by Gasteiger charge is 2.20. The fourth-order valence-electron chi connectivity index (χ4n) is 1.72. The molecule has 1 rings (SSSR count). The van der Waals surface area contributed by atoms with Crippen LogP contribution >= 0.6 is 0 Å². The highest BCUT2D eigenvalue weighted by Crippen LogP contribution is 2.05. The third-order valence-corrected chi connectivity index (χ3v) is 4.21. The van der Waals surface area contributed by atoms with Crippen LogP contribution in [-0.2, 0) is 19.4 Å². The first-order valence-electron chi connectivity index (χ1n) is 7.10. The maximum atomic E-state index is 11.8. The minimum Gasteiger partial charge on any atom is -0.355 e. The van der Waals surface area contributed by atoms with Gasteiger partial charge in [-0.25, -0.2) is 8.42 Å². The summed E-state index contributed by atoms with van der Waals surface area (Å²) in [4.78, 5) is 23.2. The predicted molar refractivity (Wildman–Crippen MR) is 86.2 cm³/mol.